The van der Waals surface area contributed by atoms with E-state index in [1.54, 1.807) is 0 Å². The standard InChI is InChI=1S/C6H16OP2/c1-8(2)5-6-9(3,4)7/h5-6H2,1-4H3. The van der Waals surface area contributed by atoms with Gasteiger partial charge in [-0.25, -0.2) is 0 Å². The van der Waals surface area contributed by atoms with Crippen LogP contribution in [0.25, 0.3) is 0 Å². The van der Waals surface area contributed by atoms with E-state index >= 15 is 0 Å². The first kappa shape index (κ1) is 9.66. The molecule has 0 saturated heterocycles. The van der Waals surface area contributed by atoms with E-state index in [0.29, 0.717) is 0 Å². The second-order valence-corrected chi connectivity index (χ2v) is 9.30. The Kier molecular flexibility index (Phi) is 4.01. The van der Waals surface area contributed by atoms with Gasteiger partial charge in [0.05, 0.1) is 7.14 Å². The summed E-state index contributed by atoms with van der Waals surface area (Å²) in [6.07, 6.45) is 2.10. The van der Waals surface area contributed by atoms with Gasteiger partial charge in [0.15, 0.2) is 0 Å². The van der Waals surface area contributed by atoms with E-state index in [1.165, 1.54) is 6.16 Å². The third-order valence-corrected chi connectivity index (χ3v) is 3.86. The quantitative estimate of drug-likeness (QED) is 0.588. The van der Waals surface area contributed by atoms with Crippen LogP contribution in [0.2, 0.25) is 0 Å². The summed E-state index contributed by atoms with van der Waals surface area (Å²) < 4.78 is 11.1. The lowest BCUT2D eigenvalue weighted by Gasteiger charge is -2.07. The average molecular weight is 166 g/mol. The Hall–Kier alpha value is 0.660. The van der Waals surface area contributed by atoms with Crippen molar-refractivity contribution in [2.24, 2.45) is 0 Å². The highest BCUT2D eigenvalue weighted by Gasteiger charge is 2.06. The summed E-state index contributed by atoms with van der Waals surface area (Å²) in [7, 11) is -1.54. The third-order valence-electron chi connectivity index (χ3n) is 1.09. The summed E-state index contributed by atoms with van der Waals surface area (Å²) in [5.74, 6) is 0. The Labute approximate surface area is 59.4 Å². The van der Waals surface area contributed by atoms with E-state index in [9.17, 15) is 4.57 Å². The van der Waals surface area contributed by atoms with Gasteiger partial charge in [0.2, 0.25) is 0 Å². The molecular formula is C6H16OP2. The summed E-state index contributed by atoms with van der Waals surface area (Å²) in [6, 6.07) is 0. The smallest absolute Gasteiger partial charge is 0.0822 e. The lowest BCUT2D eigenvalue weighted by Crippen LogP contribution is -1.90. The van der Waals surface area contributed by atoms with Gasteiger partial charge in [0.25, 0.3) is 0 Å². The van der Waals surface area contributed by atoms with Gasteiger partial charge >= 0.3 is 0 Å². The summed E-state index contributed by atoms with van der Waals surface area (Å²) in [6.45, 7) is 8.19. The molecule has 0 aromatic carbocycles. The zero-order chi connectivity index (χ0) is 7.49. The number of hydrogen-bond acceptors (Lipinski definition) is 1. The molecule has 0 aliphatic rings. The van der Waals surface area contributed by atoms with Crippen LogP contribution in [0.15, 0.2) is 0 Å². The van der Waals surface area contributed by atoms with E-state index in [2.05, 4.69) is 13.3 Å². The molecule has 0 atom stereocenters. The number of rotatable bonds is 3. The molecule has 0 amide bonds. The molecule has 0 fully saturated rings. The van der Waals surface area contributed by atoms with Crippen molar-refractivity contribution >= 4 is 15.1 Å². The van der Waals surface area contributed by atoms with Gasteiger partial charge in [-0.3, -0.25) is 0 Å². The van der Waals surface area contributed by atoms with Crippen LogP contribution in [0.1, 0.15) is 0 Å². The van der Waals surface area contributed by atoms with Crippen molar-refractivity contribution in [2.75, 3.05) is 39.0 Å². The fourth-order valence-electron chi connectivity index (χ4n) is 0.441. The van der Waals surface area contributed by atoms with E-state index in [4.69, 9.17) is 0 Å². The Morgan fingerprint density at radius 3 is 1.89 bits per heavy atom. The molecule has 0 radical (unpaired) electrons. The first-order valence-electron chi connectivity index (χ1n) is 3.10. The molecule has 0 bridgehead atoms. The van der Waals surface area contributed by atoms with E-state index in [-0.39, 0.29) is 7.92 Å². The predicted molar refractivity (Wildman–Crippen MR) is 48.0 cm³/mol. The minimum Gasteiger partial charge on any atom is -0.324 e. The van der Waals surface area contributed by atoms with Crippen molar-refractivity contribution in [1.82, 2.24) is 0 Å². The van der Waals surface area contributed by atoms with E-state index in [1.807, 2.05) is 13.3 Å². The molecule has 0 aliphatic heterocycles. The molecule has 1 nitrogen and oxygen atoms in total. The van der Waals surface area contributed by atoms with Crippen LogP contribution in [0.3, 0.4) is 0 Å². The van der Waals surface area contributed by atoms with Crippen molar-refractivity contribution in [3.8, 4) is 0 Å². The fraction of sp³-hybridized carbons (Fsp3) is 1.00. The van der Waals surface area contributed by atoms with Gasteiger partial charge in [0.1, 0.15) is 0 Å². The second-order valence-electron chi connectivity index (χ2n) is 3.10. The van der Waals surface area contributed by atoms with Gasteiger partial charge in [-0.1, -0.05) is 0 Å². The molecule has 0 heterocycles. The Morgan fingerprint density at radius 2 is 1.78 bits per heavy atom. The van der Waals surface area contributed by atoms with Crippen molar-refractivity contribution in [3.05, 3.63) is 0 Å². The minimum absolute atomic E-state index is 0.163. The van der Waals surface area contributed by atoms with Crippen molar-refractivity contribution < 1.29 is 4.57 Å². The third kappa shape index (κ3) is 8.66. The monoisotopic (exact) mass is 166 g/mol. The molecule has 0 N–H and O–H groups in total. The molecule has 3 heteroatoms. The highest BCUT2D eigenvalue weighted by Crippen LogP contribution is 2.39. The Morgan fingerprint density at radius 1 is 1.33 bits per heavy atom. The van der Waals surface area contributed by atoms with Crippen LogP contribution >= 0.6 is 15.1 Å². The molecule has 0 rings (SSSR count). The maximum atomic E-state index is 11.1. The highest BCUT2D eigenvalue weighted by molar-refractivity contribution is 7.64. The minimum atomic E-state index is -1.70. The first-order valence-corrected chi connectivity index (χ1v) is 8.31. The van der Waals surface area contributed by atoms with Crippen LogP contribution in [0, 0.1) is 0 Å². The Bertz CT molecular complexity index is 114. The highest BCUT2D eigenvalue weighted by atomic mass is 31.2. The molecule has 0 aliphatic carbocycles. The largest absolute Gasteiger partial charge is 0.324 e. The lowest BCUT2D eigenvalue weighted by molar-refractivity contribution is 0.583. The van der Waals surface area contributed by atoms with Crippen molar-refractivity contribution in [3.63, 3.8) is 0 Å². The topological polar surface area (TPSA) is 17.1 Å². The summed E-state index contributed by atoms with van der Waals surface area (Å²) in [4.78, 5) is 0. The average Bonchev–Trinajstić information content (AvgIpc) is 1.59. The van der Waals surface area contributed by atoms with Gasteiger partial charge in [-0.2, -0.15) is 0 Å². The zero-order valence-electron chi connectivity index (χ0n) is 6.72. The van der Waals surface area contributed by atoms with Gasteiger partial charge < -0.3 is 4.57 Å². The van der Waals surface area contributed by atoms with Gasteiger partial charge in [-0.15, -0.1) is 7.92 Å². The van der Waals surface area contributed by atoms with Crippen LogP contribution in [0.4, 0.5) is 0 Å². The number of hydrogen-bond donors (Lipinski definition) is 0. The molecule has 0 saturated carbocycles. The summed E-state index contributed by atoms with van der Waals surface area (Å²) in [5.41, 5.74) is 0. The molecule has 56 valence electrons. The first-order chi connectivity index (χ1) is 3.92. The molecular weight excluding hydrogens is 150 g/mol. The van der Waals surface area contributed by atoms with Gasteiger partial charge in [-0.05, 0) is 32.8 Å². The maximum Gasteiger partial charge on any atom is 0.0822 e. The maximum absolute atomic E-state index is 11.1. The molecule has 0 aromatic heterocycles. The van der Waals surface area contributed by atoms with Crippen LogP contribution in [-0.2, 0) is 4.57 Å². The lowest BCUT2D eigenvalue weighted by atomic mass is 11.0. The fourth-order valence-corrected chi connectivity index (χ4v) is 3.97. The van der Waals surface area contributed by atoms with E-state index in [0.717, 1.165) is 6.16 Å². The van der Waals surface area contributed by atoms with Crippen LogP contribution < -0.4 is 0 Å². The van der Waals surface area contributed by atoms with Crippen molar-refractivity contribution in [1.29, 1.82) is 0 Å². The summed E-state index contributed by atoms with van der Waals surface area (Å²) >= 11 is 0. The molecule has 0 unspecified atom stereocenters. The normalized spacial score (nSPS) is 12.6. The zero-order valence-corrected chi connectivity index (χ0v) is 8.51. The van der Waals surface area contributed by atoms with E-state index < -0.39 is 7.14 Å². The summed E-state index contributed by atoms with van der Waals surface area (Å²) in [5, 5.41) is 0. The van der Waals surface area contributed by atoms with Crippen molar-refractivity contribution in [2.45, 2.75) is 0 Å². The van der Waals surface area contributed by atoms with Gasteiger partial charge in [0, 0.05) is 6.16 Å². The molecule has 0 aromatic rings. The predicted octanol–water partition coefficient (Wildman–Crippen LogP) is 2.35. The van der Waals surface area contributed by atoms with Crippen LogP contribution in [-0.4, -0.2) is 39.0 Å². The molecule has 0 spiro atoms. The second kappa shape index (κ2) is 3.74. The Balaban J connectivity index is 3.40. The molecule has 9 heavy (non-hydrogen) atoms. The van der Waals surface area contributed by atoms with Crippen LogP contribution in [0.5, 0.6) is 0 Å². The SMILES string of the molecule is CP(C)CCP(C)(C)=O.